The fraction of sp³-hybridized carbons (Fsp3) is 0.875. The Bertz CT molecular complexity index is 394. The molecule has 2 aliphatic rings. The van der Waals surface area contributed by atoms with Gasteiger partial charge in [0.15, 0.2) is 0 Å². The zero-order chi connectivity index (χ0) is 15.5. The van der Waals surface area contributed by atoms with E-state index in [1.807, 2.05) is 13.8 Å². The summed E-state index contributed by atoms with van der Waals surface area (Å²) in [5.41, 5.74) is -0.388. The Morgan fingerprint density at radius 3 is 2.81 bits per heavy atom. The third kappa shape index (κ3) is 3.76. The van der Waals surface area contributed by atoms with Crippen molar-refractivity contribution in [2.45, 2.75) is 52.1 Å². The normalized spacial score (nSPS) is 34.6. The van der Waals surface area contributed by atoms with Crippen LogP contribution in [0.4, 0.5) is 0 Å². The third-order valence-corrected chi connectivity index (χ3v) is 4.49. The SMILES string of the molecule is CCCCOCCOC(=O)[C@@H]1[C@@H](C)C[C@]2(C)C[C@H]1C(=O)O2. The Morgan fingerprint density at radius 1 is 1.33 bits per heavy atom. The molecule has 21 heavy (non-hydrogen) atoms. The molecule has 0 spiro atoms. The summed E-state index contributed by atoms with van der Waals surface area (Å²) in [5.74, 6) is -1.14. The summed E-state index contributed by atoms with van der Waals surface area (Å²) in [5, 5.41) is 0. The second kappa shape index (κ2) is 6.77. The van der Waals surface area contributed by atoms with Crippen molar-refractivity contribution in [3.63, 3.8) is 0 Å². The second-order valence-corrected chi connectivity index (χ2v) is 6.52. The number of esters is 2. The maximum Gasteiger partial charge on any atom is 0.310 e. The molecule has 0 N–H and O–H groups in total. The van der Waals surface area contributed by atoms with Crippen LogP contribution in [0.25, 0.3) is 0 Å². The highest BCUT2D eigenvalue weighted by molar-refractivity contribution is 5.84. The number of carbonyl (C=O) groups excluding carboxylic acids is 2. The highest BCUT2D eigenvalue weighted by Crippen LogP contribution is 2.48. The van der Waals surface area contributed by atoms with Crippen LogP contribution in [0.3, 0.4) is 0 Å². The Hall–Kier alpha value is -1.10. The van der Waals surface area contributed by atoms with Gasteiger partial charge in [-0.2, -0.15) is 0 Å². The van der Waals surface area contributed by atoms with Crippen molar-refractivity contribution in [2.75, 3.05) is 19.8 Å². The smallest absolute Gasteiger partial charge is 0.310 e. The minimum Gasteiger partial charge on any atom is -0.463 e. The van der Waals surface area contributed by atoms with Crippen LogP contribution >= 0.6 is 0 Å². The first-order chi connectivity index (χ1) is 9.97. The Labute approximate surface area is 126 Å². The summed E-state index contributed by atoms with van der Waals surface area (Å²) in [6.07, 6.45) is 3.45. The van der Waals surface area contributed by atoms with E-state index in [0.717, 1.165) is 19.3 Å². The van der Waals surface area contributed by atoms with E-state index in [-0.39, 0.29) is 41.9 Å². The van der Waals surface area contributed by atoms with Crippen LogP contribution in [0, 0.1) is 17.8 Å². The summed E-state index contributed by atoms with van der Waals surface area (Å²) < 4.78 is 16.1. The molecule has 1 aliphatic heterocycles. The quantitative estimate of drug-likeness (QED) is 0.533. The van der Waals surface area contributed by atoms with Crippen LogP contribution in [0.5, 0.6) is 0 Å². The number of unbranched alkanes of at least 4 members (excludes halogenated alkanes) is 1. The van der Waals surface area contributed by atoms with Gasteiger partial charge in [0, 0.05) is 13.0 Å². The van der Waals surface area contributed by atoms with Gasteiger partial charge in [0.2, 0.25) is 0 Å². The van der Waals surface area contributed by atoms with Gasteiger partial charge in [-0.05, 0) is 25.7 Å². The summed E-state index contributed by atoms with van der Waals surface area (Å²) in [4.78, 5) is 24.2. The lowest BCUT2D eigenvalue weighted by molar-refractivity contribution is -0.158. The van der Waals surface area contributed by atoms with Gasteiger partial charge >= 0.3 is 11.9 Å². The lowest BCUT2D eigenvalue weighted by Crippen LogP contribution is -2.40. The molecule has 5 nitrogen and oxygen atoms in total. The molecule has 1 saturated carbocycles. The predicted octanol–water partition coefficient (Wildman–Crippen LogP) is 2.32. The molecule has 4 atom stereocenters. The van der Waals surface area contributed by atoms with Crippen LogP contribution in [0.2, 0.25) is 0 Å². The largest absolute Gasteiger partial charge is 0.463 e. The number of carbonyl (C=O) groups is 2. The molecule has 0 aromatic carbocycles. The first-order valence-corrected chi connectivity index (χ1v) is 7.94. The molecule has 0 aromatic heterocycles. The van der Waals surface area contributed by atoms with E-state index >= 15 is 0 Å². The van der Waals surface area contributed by atoms with Crippen LogP contribution in [-0.4, -0.2) is 37.4 Å². The van der Waals surface area contributed by atoms with Crippen LogP contribution in [0.15, 0.2) is 0 Å². The Morgan fingerprint density at radius 2 is 2.10 bits per heavy atom. The van der Waals surface area contributed by atoms with Crippen molar-refractivity contribution >= 4 is 11.9 Å². The molecule has 2 bridgehead atoms. The van der Waals surface area contributed by atoms with Crippen molar-refractivity contribution in [1.82, 2.24) is 0 Å². The zero-order valence-electron chi connectivity index (χ0n) is 13.2. The number of ether oxygens (including phenoxy) is 3. The molecule has 1 saturated heterocycles. The van der Waals surface area contributed by atoms with E-state index in [9.17, 15) is 9.59 Å². The number of fused-ring (bicyclic) bond motifs is 2. The molecule has 0 amide bonds. The molecule has 2 fully saturated rings. The average molecular weight is 298 g/mol. The molecule has 1 heterocycles. The molecule has 0 radical (unpaired) electrons. The van der Waals surface area contributed by atoms with E-state index in [1.165, 1.54) is 0 Å². The van der Waals surface area contributed by atoms with E-state index < -0.39 is 0 Å². The molecule has 120 valence electrons. The van der Waals surface area contributed by atoms with E-state index in [4.69, 9.17) is 14.2 Å². The van der Waals surface area contributed by atoms with Gasteiger partial charge in [-0.15, -0.1) is 0 Å². The van der Waals surface area contributed by atoms with Gasteiger partial charge in [0.1, 0.15) is 12.2 Å². The third-order valence-electron chi connectivity index (χ3n) is 4.49. The number of hydrogen-bond acceptors (Lipinski definition) is 5. The van der Waals surface area contributed by atoms with Gasteiger partial charge < -0.3 is 14.2 Å². The lowest BCUT2D eigenvalue weighted by atomic mass is 9.69. The lowest BCUT2D eigenvalue weighted by Gasteiger charge is -2.34. The van der Waals surface area contributed by atoms with Gasteiger partial charge in [-0.3, -0.25) is 9.59 Å². The summed E-state index contributed by atoms with van der Waals surface area (Å²) in [6.45, 7) is 7.41. The minimum atomic E-state index is -0.388. The van der Waals surface area contributed by atoms with Crippen LogP contribution in [0.1, 0.15) is 46.5 Å². The average Bonchev–Trinajstić information content (AvgIpc) is 2.64. The van der Waals surface area contributed by atoms with Crippen molar-refractivity contribution in [3.8, 4) is 0 Å². The van der Waals surface area contributed by atoms with Gasteiger partial charge in [-0.1, -0.05) is 20.3 Å². The molecular weight excluding hydrogens is 272 g/mol. The topological polar surface area (TPSA) is 61.8 Å². The maximum atomic E-state index is 12.2. The molecule has 0 unspecified atom stereocenters. The van der Waals surface area contributed by atoms with E-state index in [1.54, 1.807) is 0 Å². The van der Waals surface area contributed by atoms with Crippen LogP contribution in [-0.2, 0) is 23.8 Å². The highest BCUT2D eigenvalue weighted by atomic mass is 16.6. The van der Waals surface area contributed by atoms with Crippen LogP contribution < -0.4 is 0 Å². The monoisotopic (exact) mass is 298 g/mol. The van der Waals surface area contributed by atoms with Crippen molar-refractivity contribution < 1.29 is 23.8 Å². The van der Waals surface area contributed by atoms with Crippen molar-refractivity contribution in [1.29, 1.82) is 0 Å². The maximum absolute atomic E-state index is 12.2. The van der Waals surface area contributed by atoms with E-state index in [0.29, 0.717) is 19.6 Å². The molecule has 2 rings (SSSR count). The molecular formula is C16H26O5. The summed E-state index contributed by atoms with van der Waals surface area (Å²) in [6, 6.07) is 0. The summed E-state index contributed by atoms with van der Waals surface area (Å²) in [7, 11) is 0. The van der Waals surface area contributed by atoms with Gasteiger partial charge in [-0.25, -0.2) is 0 Å². The molecule has 5 heteroatoms. The first kappa shape index (κ1) is 16.3. The zero-order valence-corrected chi connectivity index (χ0v) is 13.2. The molecule has 1 aliphatic carbocycles. The van der Waals surface area contributed by atoms with Gasteiger partial charge in [0.25, 0.3) is 0 Å². The van der Waals surface area contributed by atoms with Crippen molar-refractivity contribution in [2.24, 2.45) is 17.8 Å². The second-order valence-electron chi connectivity index (χ2n) is 6.52. The van der Waals surface area contributed by atoms with Crippen molar-refractivity contribution in [3.05, 3.63) is 0 Å². The highest BCUT2D eigenvalue weighted by Gasteiger charge is 2.56. The number of rotatable bonds is 7. The minimum absolute atomic E-state index is 0.105. The standard InChI is InChI=1S/C16H26O5/c1-4-5-6-19-7-8-20-15(18)13-11(2)9-16(3)10-12(13)14(17)21-16/h11-13H,4-10H2,1-3H3/t11-,12+,13+,16+/m0/s1. The van der Waals surface area contributed by atoms with Gasteiger partial charge in [0.05, 0.1) is 18.4 Å². The predicted molar refractivity (Wildman–Crippen MR) is 76.6 cm³/mol. The fourth-order valence-corrected chi connectivity index (χ4v) is 3.55. The fourth-order valence-electron chi connectivity index (χ4n) is 3.55. The first-order valence-electron chi connectivity index (χ1n) is 7.94. The Balaban J connectivity index is 1.80. The molecule has 0 aromatic rings. The Kier molecular flexibility index (Phi) is 5.25. The van der Waals surface area contributed by atoms with E-state index in [2.05, 4.69) is 6.92 Å². The summed E-state index contributed by atoms with van der Waals surface area (Å²) >= 11 is 0. The number of hydrogen-bond donors (Lipinski definition) is 0.